The predicted octanol–water partition coefficient (Wildman–Crippen LogP) is 2.83. The van der Waals surface area contributed by atoms with Crippen LogP contribution in [0.15, 0.2) is 22.7 Å². The molecule has 4 nitrogen and oxygen atoms in total. The van der Waals surface area contributed by atoms with Crippen LogP contribution in [0.25, 0.3) is 0 Å². The van der Waals surface area contributed by atoms with Crippen LogP contribution in [0.2, 0.25) is 0 Å². The molecular formula is C14H17BrN2O2. The van der Waals surface area contributed by atoms with Gasteiger partial charge in [0.25, 0.3) is 0 Å². The highest BCUT2D eigenvalue weighted by Gasteiger charge is 2.11. The third kappa shape index (κ3) is 4.66. The number of rotatable bonds is 5. The number of benzene rings is 1. The van der Waals surface area contributed by atoms with Crippen molar-refractivity contribution < 1.29 is 9.53 Å². The molecule has 0 saturated heterocycles. The lowest BCUT2D eigenvalue weighted by Gasteiger charge is -2.18. The van der Waals surface area contributed by atoms with E-state index in [0.29, 0.717) is 18.7 Å². The Kier molecular flexibility index (Phi) is 6.00. The van der Waals surface area contributed by atoms with Crippen molar-refractivity contribution in [3.8, 4) is 6.07 Å². The smallest absolute Gasteiger partial charge is 0.337 e. The van der Waals surface area contributed by atoms with Gasteiger partial charge < -0.3 is 9.64 Å². The number of halogens is 1. The minimum Gasteiger partial charge on any atom is -0.465 e. The first-order chi connectivity index (χ1) is 8.97. The van der Waals surface area contributed by atoms with Gasteiger partial charge in [0, 0.05) is 17.6 Å². The van der Waals surface area contributed by atoms with Crippen LogP contribution in [0.3, 0.4) is 0 Å². The third-order valence-corrected chi connectivity index (χ3v) is 3.46. The molecule has 1 aromatic carbocycles. The Labute approximate surface area is 122 Å². The first-order valence-corrected chi connectivity index (χ1v) is 6.72. The highest BCUT2D eigenvalue weighted by molar-refractivity contribution is 9.10. The molecule has 0 aliphatic rings. The average molecular weight is 325 g/mol. The molecule has 1 rings (SSSR count). The lowest BCUT2D eigenvalue weighted by molar-refractivity contribution is 0.0600. The van der Waals surface area contributed by atoms with E-state index in [-0.39, 0.29) is 11.9 Å². The number of hydrogen-bond acceptors (Lipinski definition) is 4. The number of nitrogens with zero attached hydrogens (tertiary/aromatic N) is 2. The molecule has 1 aromatic rings. The zero-order valence-electron chi connectivity index (χ0n) is 11.3. The fourth-order valence-corrected chi connectivity index (χ4v) is 2.29. The maximum Gasteiger partial charge on any atom is 0.337 e. The molecule has 0 amide bonds. The van der Waals surface area contributed by atoms with Gasteiger partial charge in [-0.05, 0) is 31.7 Å². The Morgan fingerprint density at radius 2 is 2.26 bits per heavy atom. The van der Waals surface area contributed by atoms with E-state index in [4.69, 9.17) is 5.26 Å². The van der Waals surface area contributed by atoms with Crippen molar-refractivity contribution in [2.24, 2.45) is 5.92 Å². The molecule has 19 heavy (non-hydrogen) atoms. The largest absolute Gasteiger partial charge is 0.465 e. The summed E-state index contributed by atoms with van der Waals surface area (Å²) < 4.78 is 5.54. The number of carbonyl (C=O) groups excluding carboxylic acids is 1. The second kappa shape index (κ2) is 7.27. The van der Waals surface area contributed by atoms with Gasteiger partial charge in [0.1, 0.15) is 0 Å². The minimum atomic E-state index is -0.348. The van der Waals surface area contributed by atoms with Gasteiger partial charge in [-0.15, -0.1) is 0 Å². The fraction of sp³-hybridized carbons (Fsp3) is 0.429. The van der Waals surface area contributed by atoms with Gasteiger partial charge in [0.2, 0.25) is 0 Å². The van der Waals surface area contributed by atoms with E-state index in [1.807, 2.05) is 20.0 Å². The molecular weight excluding hydrogens is 308 g/mol. The summed E-state index contributed by atoms with van der Waals surface area (Å²) in [5.74, 6) is -0.350. The maximum atomic E-state index is 11.4. The summed E-state index contributed by atoms with van der Waals surface area (Å²) in [7, 11) is 3.33. The molecule has 5 heteroatoms. The SMILES string of the molecule is COC(=O)c1ccc(CN(C)CC(C)C#N)c(Br)c1. The van der Waals surface area contributed by atoms with Gasteiger partial charge in [-0.1, -0.05) is 22.0 Å². The molecule has 102 valence electrons. The quantitative estimate of drug-likeness (QED) is 0.781. The predicted molar refractivity (Wildman–Crippen MR) is 76.6 cm³/mol. The zero-order valence-corrected chi connectivity index (χ0v) is 12.9. The number of hydrogen-bond donors (Lipinski definition) is 0. The Hall–Kier alpha value is -1.38. The number of methoxy groups -OCH3 is 1. The van der Waals surface area contributed by atoms with Crippen molar-refractivity contribution >= 4 is 21.9 Å². The molecule has 0 aliphatic carbocycles. The highest BCUT2D eigenvalue weighted by atomic mass is 79.9. The van der Waals surface area contributed by atoms with Crippen LogP contribution >= 0.6 is 15.9 Å². The molecule has 0 spiro atoms. The molecule has 1 atom stereocenters. The Balaban J connectivity index is 2.75. The van der Waals surface area contributed by atoms with E-state index in [2.05, 4.69) is 31.6 Å². The Morgan fingerprint density at radius 3 is 2.79 bits per heavy atom. The van der Waals surface area contributed by atoms with Crippen LogP contribution in [-0.4, -0.2) is 31.6 Å². The van der Waals surface area contributed by atoms with Crippen molar-refractivity contribution in [2.75, 3.05) is 20.7 Å². The average Bonchev–Trinajstić information content (AvgIpc) is 2.39. The topological polar surface area (TPSA) is 53.3 Å². The van der Waals surface area contributed by atoms with E-state index in [9.17, 15) is 4.79 Å². The normalized spacial score (nSPS) is 12.0. The van der Waals surface area contributed by atoms with Crippen molar-refractivity contribution in [3.63, 3.8) is 0 Å². The van der Waals surface area contributed by atoms with E-state index in [1.54, 1.807) is 12.1 Å². The van der Waals surface area contributed by atoms with Crippen molar-refractivity contribution in [2.45, 2.75) is 13.5 Å². The summed E-state index contributed by atoms with van der Waals surface area (Å²) in [6.45, 7) is 3.32. The highest BCUT2D eigenvalue weighted by Crippen LogP contribution is 2.20. The molecule has 0 radical (unpaired) electrons. The van der Waals surface area contributed by atoms with Crippen LogP contribution in [0.1, 0.15) is 22.8 Å². The van der Waals surface area contributed by atoms with Crippen molar-refractivity contribution in [1.82, 2.24) is 4.90 Å². The van der Waals surface area contributed by atoms with Crippen molar-refractivity contribution in [1.29, 1.82) is 5.26 Å². The van der Waals surface area contributed by atoms with E-state index >= 15 is 0 Å². The lowest BCUT2D eigenvalue weighted by atomic mass is 10.1. The molecule has 0 saturated carbocycles. The van der Waals surface area contributed by atoms with Crippen LogP contribution in [0.4, 0.5) is 0 Å². The number of ether oxygens (including phenoxy) is 1. The molecule has 0 aromatic heterocycles. The molecule has 1 unspecified atom stereocenters. The summed E-state index contributed by atoms with van der Waals surface area (Å²) >= 11 is 3.46. The van der Waals surface area contributed by atoms with Gasteiger partial charge in [0.05, 0.1) is 24.7 Å². The first kappa shape index (κ1) is 15.7. The van der Waals surface area contributed by atoms with E-state index in [1.165, 1.54) is 7.11 Å². The first-order valence-electron chi connectivity index (χ1n) is 5.92. The monoisotopic (exact) mass is 324 g/mol. The molecule has 0 fully saturated rings. The fourth-order valence-electron chi connectivity index (χ4n) is 1.78. The Morgan fingerprint density at radius 1 is 1.58 bits per heavy atom. The van der Waals surface area contributed by atoms with E-state index in [0.717, 1.165) is 10.0 Å². The molecule has 0 N–H and O–H groups in total. The van der Waals surface area contributed by atoms with Crippen molar-refractivity contribution in [3.05, 3.63) is 33.8 Å². The summed E-state index contributed by atoms with van der Waals surface area (Å²) in [5.41, 5.74) is 1.59. The van der Waals surface area contributed by atoms with Gasteiger partial charge in [-0.25, -0.2) is 4.79 Å². The number of nitriles is 1. The zero-order chi connectivity index (χ0) is 14.4. The summed E-state index contributed by atoms with van der Waals surface area (Å²) in [4.78, 5) is 13.5. The minimum absolute atomic E-state index is 0.00174. The molecule has 0 bridgehead atoms. The standard InChI is InChI=1S/C14H17BrN2O2/c1-10(7-16)8-17(2)9-12-5-4-11(6-13(12)15)14(18)19-3/h4-6,10H,8-9H2,1-3H3. The van der Waals surface area contributed by atoms with Crippen LogP contribution in [0.5, 0.6) is 0 Å². The number of carbonyl (C=O) groups is 1. The number of esters is 1. The Bertz CT molecular complexity index is 497. The summed E-state index contributed by atoms with van der Waals surface area (Å²) in [6.07, 6.45) is 0. The summed E-state index contributed by atoms with van der Waals surface area (Å²) in [5, 5.41) is 8.79. The van der Waals surface area contributed by atoms with Crippen LogP contribution < -0.4 is 0 Å². The van der Waals surface area contributed by atoms with Crippen LogP contribution in [-0.2, 0) is 11.3 Å². The molecule has 0 heterocycles. The molecule has 0 aliphatic heterocycles. The van der Waals surface area contributed by atoms with Crippen LogP contribution in [0, 0.1) is 17.2 Å². The lowest BCUT2D eigenvalue weighted by Crippen LogP contribution is -2.23. The maximum absolute atomic E-state index is 11.4. The van der Waals surface area contributed by atoms with Gasteiger partial charge in [0.15, 0.2) is 0 Å². The van der Waals surface area contributed by atoms with E-state index < -0.39 is 0 Å². The second-order valence-corrected chi connectivity index (χ2v) is 5.38. The van der Waals surface area contributed by atoms with Gasteiger partial charge in [-0.2, -0.15) is 5.26 Å². The van der Waals surface area contributed by atoms with Gasteiger partial charge >= 0.3 is 5.97 Å². The third-order valence-electron chi connectivity index (χ3n) is 2.72. The second-order valence-electron chi connectivity index (χ2n) is 4.52. The summed E-state index contributed by atoms with van der Waals surface area (Å²) in [6, 6.07) is 7.60. The van der Waals surface area contributed by atoms with Gasteiger partial charge in [-0.3, -0.25) is 0 Å².